The van der Waals surface area contributed by atoms with Gasteiger partial charge in [0.2, 0.25) is 0 Å². The van der Waals surface area contributed by atoms with Crippen LogP contribution >= 0.6 is 11.6 Å². The molecule has 2 N–H and O–H groups in total. The van der Waals surface area contributed by atoms with Crippen molar-refractivity contribution in [3.8, 4) is 5.69 Å². The molecule has 2 aromatic carbocycles. The quantitative estimate of drug-likeness (QED) is 0.401. The average Bonchev–Trinajstić information content (AvgIpc) is 2.96. The number of benzene rings is 2. The van der Waals surface area contributed by atoms with Crippen molar-refractivity contribution in [3.63, 3.8) is 0 Å². The van der Waals surface area contributed by atoms with E-state index in [9.17, 15) is 9.59 Å². The predicted octanol–water partition coefficient (Wildman–Crippen LogP) is 3.84. The lowest BCUT2D eigenvalue weighted by Crippen LogP contribution is -2.32. The van der Waals surface area contributed by atoms with Gasteiger partial charge >= 0.3 is 11.8 Å². The summed E-state index contributed by atoms with van der Waals surface area (Å²) < 4.78 is 2.01. The molecule has 7 heteroatoms. The number of nitrogens with zero attached hydrogens (tertiary/aromatic N) is 2. The van der Waals surface area contributed by atoms with Crippen LogP contribution in [0.15, 0.2) is 65.8 Å². The highest BCUT2D eigenvalue weighted by molar-refractivity contribution is 6.39. The number of aryl methyl sites for hydroxylation is 1. The Morgan fingerprint density at radius 1 is 1.00 bits per heavy atom. The first kappa shape index (κ1) is 19.4. The van der Waals surface area contributed by atoms with Crippen LogP contribution in [0, 0.1) is 13.8 Å². The Hall–Kier alpha value is -3.38. The topological polar surface area (TPSA) is 75.5 Å². The van der Waals surface area contributed by atoms with Gasteiger partial charge in [-0.15, -0.1) is 0 Å². The van der Waals surface area contributed by atoms with Crippen molar-refractivity contribution in [3.05, 3.63) is 82.6 Å². The molecule has 1 heterocycles. The van der Waals surface area contributed by atoms with Gasteiger partial charge in [-0.2, -0.15) is 5.10 Å². The number of rotatable bonds is 4. The van der Waals surface area contributed by atoms with E-state index in [0.717, 1.165) is 22.6 Å². The fraction of sp³-hybridized carbons (Fsp3) is 0.0952. The molecule has 0 aliphatic carbocycles. The predicted molar refractivity (Wildman–Crippen MR) is 111 cm³/mol. The Kier molecular flexibility index (Phi) is 5.91. The van der Waals surface area contributed by atoms with E-state index in [1.54, 1.807) is 24.3 Å². The van der Waals surface area contributed by atoms with Gasteiger partial charge in [0, 0.05) is 22.6 Å². The third-order valence-corrected chi connectivity index (χ3v) is 4.49. The zero-order valence-electron chi connectivity index (χ0n) is 15.4. The third kappa shape index (κ3) is 4.29. The number of nitrogens with one attached hydrogen (secondary N) is 2. The van der Waals surface area contributed by atoms with Crippen molar-refractivity contribution in [1.82, 2.24) is 9.99 Å². The van der Waals surface area contributed by atoms with Crippen LogP contribution in [0.25, 0.3) is 5.69 Å². The summed E-state index contributed by atoms with van der Waals surface area (Å²) in [6, 6.07) is 18.2. The molecule has 0 atom stereocenters. The molecule has 0 bridgehead atoms. The van der Waals surface area contributed by atoms with Gasteiger partial charge in [-0.3, -0.25) is 9.59 Å². The third-order valence-electron chi connectivity index (χ3n) is 4.17. The molecule has 6 nitrogen and oxygen atoms in total. The summed E-state index contributed by atoms with van der Waals surface area (Å²) in [6.45, 7) is 3.89. The van der Waals surface area contributed by atoms with Gasteiger partial charge in [0.05, 0.1) is 16.9 Å². The number of anilines is 1. The molecule has 0 unspecified atom stereocenters. The highest BCUT2D eigenvalue weighted by Gasteiger charge is 2.14. The zero-order valence-corrected chi connectivity index (χ0v) is 16.2. The monoisotopic (exact) mass is 394 g/mol. The second kappa shape index (κ2) is 8.54. The first-order valence-corrected chi connectivity index (χ1v) is 8.98. The number of aromatic nitrogens is 1. The van der Waals surface area contributed by atoms with Crippen molar-refractivity contribution in [2.45, 2.75) is 13.8 Å². The van der Waals surface area contributed by atoms with Crippen LogP contribution in [0.1, 0.15) is 17.0 Å². The SMILES string of the molecule is Cc1cc(/C=N\NC(=O)C(=O)Nc2ccccc2)c(C)n1-c1ccccc1Cl. The standard InChI is InChI=1S/C21H19ClN4O2/c1-14-12-16(15(2)26(14)19-11-7-6-10-18(19)22)13-23-25-21(28)20(27)24-17-8-4-3-5-9-17/h3-13H,1-2H3,(H,24,27)(H,25,28)/b23-13-. The molecule has 1 aromatic heterocycles. The summed E-state index contributed by atoms with van der Waals surface area (Å²) in [5.41, 5.74) is 6.34. The maximum atomic E-state index is 11.9. The molecular formula is C21H19ClN4O2. The van der Waals surface area contributed by atoms with Gasteiger partial charge in [-0.25, -0.2) is 5.43 Å². The van der Waals surface area contributed by atoms with Gasteiger partial charge in [0.15, 0.2) is 0 Å². The first-order valence-electron chi connectivity index (χ1n) is 8.60. The molecule has 28 heavy (non-hydrogen) atoms. The number of hydrogen-bond acceptors (Lipinski definition) is 3. The van der Waals surface area contributed by atoms with Crippen LogP contribution in [0.5, 0.6) is 0 Å². The maximum absolute atomic E-state index is 11.9. The second-order valence-corrected chi connectivity index (χ2v) is 6.54. The minimum Gasteiger partial charge on any atom is -0.318 e. The van der Waals surface area contributed by atoms with E-state index in [2.05, 4.69) is 15.8 Å². The molecule has 0 spiro atoms. The minimum absolute atomic E-state index is 0.537. The molecular weight excluding hydrogens is 376 g/mol. The van der Waals surface area contributed by atoms with Crippen LogP contribution in [-0.2, 0) is 9.59 Å². The Bertz CT molecular complexity index is 1040. The first-order chi connectivity index (χ1) is 13.5. The van der Waals surface area contributed by atoms with E-state index in [-0.39, 0.29) is 0 Å². The lowest BCUT2D eigenvalue weighted by Gasteiger charge is -2.11. The van der Waals surface area contributed by atoms with Crippen molar-refractivity contribution in [1.29, 1.82) is 0 Å². The fourth-order valence-corrected chi connectivity index (χ4v) is 3.06. The van der Waals surface area contributed by atoms with E-state index in [0.29, 0.717) is 10.7 Å². The minimum atomic E-state index is -0.847. The van der Waals surface area contributed by atoms with Crippen LogP contribution in [-0.4, -0.2) is 22.6 Å². The van der Waals surface area contributed by atoms with Crippen LogP contribution in [0.3, 0.4) is 0 Å². The van der Waals surface area contributed by atoms with Gasteiger partial charge in [0.1, 0.15) is 0 Å². The Morgan fingerprint density at radius 2 is 1.68 bits per heavy atom. The molecule has 0 saturated carbocycles. The molecule has 0 fully saturated rings. The number of halogens is 1. The molecule has 3 aromatic rings. The molecule has 2 amide bonds. The molecule has 3 rings (SSSR count). The average molecular weight is 395 g/mol. The van der Waals surface area contributed by atoms with Crippen LogP contribution in [0.2, 0.25) is 5.02 Å². The lowest BCUT2D eigenvalue weighted by molar-refractivity contribution is -0.136. The number of hydrogen-bond donors (Lipinski definition) is 2. The largest absolute Gasteiger partial charge is 0.329 e. The van der Waals surface area contributed by atoms with Crippen molar-refractivity contribution < 1.29 is 9.59 Å². The van der Waals surface area contributed by atoms with E-state index >= 15 is 0 Å². The number of carbonyl (C=O) groups is 2. The van der Waals surface area contributed by atoms with Gasteiger partial charge in [0.25, 0.3) is 0 Å². The van der Waals surface area contributed by atoms with E-state index < -0.39 is 11.8 Å². The summed E-state index contributed by atoms with van der Waals surface area (Å²) in [4.78, 5) is 23.8. The molecule has 0 aliphatic heterocycles. The number of para-hydroxylation sites is 2. The lowest BCUT2D eigenvalue weighted by atomic mass is 10.2. The zero-order chi connectivity index (χ0) is 20.1. The van der Waals surface area contributed by atoms with Crippen LogP contribution in [0.4, 0.5) is 5.69 Å². The summed E-state index contributed by atoms with van der Waals surface area (Å²) in [5, 5.41) is 7.04. The fourth-order valence-electron chi connectivity index (χ4n) is 2.84. The summed E-state index contributed by atoms with van der Waals surface area (Å²) >= 11 is 6.30. The van der Waals surface area contributed by atoms with Crippen molar-refractivity contribution >= 4 is 35.3 Å². The Balaban J connectivity index is 1.70. The van der Waals surface area contributed by atoms with E-state index in [1.165, 1.54) is 6.21 Å². The number of amides is 2. The highest BCUT2D eigenvalue weighted by atomic mass is 35.5. The van der Waals surface area contributed by atoms with E-state index in [4.69, 9.17) is 11.6 Å². The smallest absolute Gasteiger partial charge is 0.318 e. The molecule has 0 saturated heterocycles. The van der Waals surface area contributed by atoms with Gasteiger partial charge in [-0.05, 0) is 44.2 Å². The molecule has 0 radical (unpaired) electrons. The van der Waals surface area contributed by atoms with Gasteiger partial charge in [-0.1, -0.05) is 41.9 Å². The van der Waals surface area contributed by atoms with Gasteiger partial charge < -0.3 is 9.88 Å². The Labute approximate surface area is 167 Å². The number of carbonyl (C=O) groups excluding carboxylic acids is 2. The normalized spacial score (nSPS) is 10.8. The van der Waals surface area contributed by atoms with Crippen molar-refractivity contribution in [2.24, 2.45) is 5.10 Å². The molecule has 142 valence electrons. The van der Waals surface area contributed by atoms with E-state index in [1.807, 2.05) is 54.8 Å². The second-order valence-electron chi connectivity index (χ2n) is 6.13. The van der Waals surface area contributed by atoms with Crippen LogP contribution < -0.4 is 10.7 Å². The molecule has 0 aliphatic rings. The highest BCUT2D eigenvalue weighted by Crippen LogP contribution is 2.25. The van der Waals surface area contributed by atoms with Crippen molar-refractivity contribution in [2.75, 3.05) is 5.32 Å². The maximum Gasteiger partial charge on any atom is 0.329 e. The Morgan fingerprint density at radius 3 is 2.39 bits per heavy atom. The summed E-state index contributed by atoms with van der Waals surface area (Å²) in [7, 11) is 0. The number of hydrazone groups is 1. The summed E-state index contributed by atoms with van der Waals surface area (Å²) in [5.74, 6) is -1.63. The summed E-state index contributed by atoms with van der Waals surface area (Å²) in [6.07, 6.45) is 1.50.